The maximum atomic E-state index is 2.74. The second-order valence-electron chi connectivity index (χ2n) is 5.74. The summed E-state index contributed by atoms with van der Waals surface area (Å²) in [6.07, 6.45) is 6.71. The van der Waals surface area contributed by atoms with Gasteiger partial charge in [0, 0.05) is 6.04 Å². The van der Waals surface area contributed by atoms with Gasteiger partial charge in [-0.25, -0.2) is 0 Å². The molecule has 1 nitrogen and oxygen atoms in total. The molecule has 0 N–H and O–H groups in total. The first-order valence-corrected chi connectivity index (χ1v) is 7.59. The average molecular weight is 245 g/mol. The highest BCUT2D eigenvalue weighted by molar-refractivity contribution is 5.16. The minimum absolute atomic E-state index is 0.734. The van der Waals surface area contributed by atoms with Gasteiger partial charge in [-0.1, -0.05) is 57.0 Å². The van der Waals surface area contributed by atoms with Crippen molar-refractivity contribution in [2.75, 3.05) is 13.1 Å². The molecule has 0 aliphatic carbocycles. The number of benzene rings is 1. The zero-order valence-electron chi connectivity index (χ0n) is 11.9. The summed E-state index contributed by atoms with van der Waals surface area (Å²) in [4.78, 5) is 2.74. The molecule has 0 bridgehead atoms. The summed E-state index contributed by atoms with van der Waals surface area (Å²) >= 11 is 0. The van der Waals surface area contributed by atoms with Crippen molar-refractivity contribution in [3.8, 4) is 0 Å². The zero-order valence-corrected chi connectivity index (χ0v) is 11.9. The number of hydrogen-bond donors (Lipinski definition) is 0. The van der Waals surface area contributed by atoms with Gasteiger partial charge >= 0.3 is 0 Å². The van der Waals surface area contributed by atoms with Gasteiger partial charge < -0.3 is 0 Å². The van der Waals surface area contributed by atoms with E-state index in [1.54, 1.807) is 0 Å². The van der Waals surface area contributed by atoms with E-state index in [1.165, 1.54) is 50.8 Å². The molecule has 1 aromatic rings. The van der Waals surface area contributed by atoms with E-state index in [1.807, 2.05) is 0 Å². The van der Waals surface area contributed by atoms with Crippen LogP contribution in [-0.2, 0) is 6.42 Å². The van der Waals surface area contributed by atoms with Gasteiger partial charge in [0.05, 0.1) is 0 Å². The molecule has 1 aliphatic rings. The maximum absolute atomic E-state index is 2.74. The van der Waals surface area contributed by atoms with Crippen molar-refractivity contribution >= 4 is 0 Å². The van der Waals surface area contributed by atoms with Crippen LogP contribution in [-0.4, -0.2) is 24.0 Å². The standard InChI is InChI=1S/C17H27N/c1-3-15(2)17(18-12-8-5-9-13-18)14-16-10-6-4-7-11-16/h4,6-7,10-11,15,17H,3,5,8-9,12-14H2,1-2H3. The lowest BCUT2D eigenvalue weighted by atomic mass is 9.90. The van der Waals surface area contributed by atoms with E-state index < -0.39 is 0 Å². The number of hydrogen-bond acceptors (Lipinski definition) is 1. The van der Waals surface area contributed by atoms with Crippen molar-refractivity contribution in [3.63, 3.8) is 0 Å². The topological polar surface area (TPSA) is 3.24 Å². The quantitative estimate of drug-likeness (QED) is 0.754. The van der Waals surface area contributed by atoms with Crippen LogP contribution in [0.25, 0.3) is 0 Å². The minimum atomic E-state index is 0.734. The lowest BCUT2D eigenvalue weighted by Crippen LogP contribution is -2.44. The van der Waals surface area contributed by atoms with E-state index >= 15 is 0 Å². The summed E-state index contributed by atoms with van der Waals surface area (Å²) in [5.41, 5.74) is 1.49. The van der Waals surface area contributed by atoms with Gasteiger partial charge in [-0.3, -0.25) is 4.90 Å². The van der Waals surface area contributed by atoms with Crippen molar-refractivity contribution in [1.29, 1.82) is 0 Å². The molecular weight excluding hydrogens is 218 g/mol. The van der Waals surface area contributed by atoms with Crippen molar-refractivity contribution in [2.45, 2.75) is 52.0 Å². The second kappa shape index (κ2) is 6.94. The first-order valence-electron chi connectivity index (χ1n) is 7.59. The Balaban J connectivity index is 2.04. The van der Waals surface area contributed by atoms with Gasteiger partial charge in [-0.15, -0.1) is 0 Å². The van der Waals surface area contributed by atoms with Crippen molar-refractivity contribution in [1.82, 2.24) is 4.90 Å². The summed E-state index contributed by atoms with van der Waals surface area (Å²) < 4.78 is 0. The van der Waals surface area contributed by atoms with Crippen molar-refractivity contribution in [3.05, 3.63) is 35.9 Å². The lowest BCUT2D eigenvalue weighted by Gasteiger charge is -2.38. The van der Waals surface area contributed by atoms with Gasteiger partial charge in [-0.05, 0) is 43.8 Å². The molecule has 2 rings (SSSR count). The molecule has 1 saturated heterocycles. The monoisotopic (exact) mass is 245 g/mol. The Morgan fingerprint density at radius 2 is 1.72 bits per heavy atom. The normalized spacial score (nSPS) is 20.6. The Bertz CT molecular complexity index is 327. The molecule has 0 aromatic heterocycles. The van der Waals surface area contributed by atoms with E-state index in [0.29, 0.717) is 0 Å². The van der Waals surface area contributed by atoms with Gasteiger partial charge in [0.1, 0.15) is 0 Å². The number of nitrogens with zero attached hydrogens (tertiary/aromatic N) is 1. The number of rotatable bonds is 5. The molecule has 1 heteroatoms. The summed E-state index contributed by atoms with van der Waals surface area (Å²) in [6.45, 7) is 7.36. The molecule has 2 atom stereocenters. The zero-order chi connectivity index (χ0) is 12.8. The lowest BCUT2D eigenvalue weighted by molar-refractivity contribution is 0.119. The average Bonchev–Trinajstić information content (AvgIpc) is 2.46. The molecule has 1 heterocycles. The first-order chi connectivity index (χ1) is 8.81. The van der Waals surface area contributed by atoms with Crippen molar-refractivity contribution in [2.24, 2.45) is 5.92 Å². The largest absolute Gasteiger partial charge is 0.300 e. The Morgan fingerprint density at radius 3 is 2.33 bits per heavy atom. The Kier molecular flexibility index (Phi) is 5.25. The van der Waals surface area contributed by atoms with Gasteiger partial charge in [-0.2, -0.15) is 0 Å². The molecule has 1 aromatic carbocycles. The SMILES string of the molecule is CCC(C)C(Cc1ccccc1)N1CCCCC1. The Hall–Kier alpha value is -0.820. The molecule has 1 fully saturated rings. The molecule has 100 valence electrons. The van der Waals surface area contributed by atoms with E-state index in [4.69, 9.17) is 0 Å². The molecule has 0 saturated carbocycles. The van der Waals surface area contributed by atoms with Crippen LogP contribution >= 0.6 is 0 Å². The fraction of sp³-hybridized carbons (Fsp3) is 0.647. The van der Waals surface area contributed by atoms with Gasteiger partial charge in [0.2, 0.25) is 0 Å². The number of likely N-dealkylation sites (tertiary alicyclic amines) is 1. The third-order valence-electron chi connectivity index (χ3n) is 4.45. The highest BCUT2D eigenvalue weighted by Crippen LogP contribution is 2.23. The molecule has 0 radical (unpaired) electrons. The highest BCUT2D eigenvalue weighted by atomic mass is 15.2. The predicted molar refractivity (Wildman–Crippen MR) is 78.8 cm³/mol. The van der Waals surface area contributed by atoms with Crippen LogP contribution in [0.3, 0.4) is 0 Å². The fourth-order valence-electron chi connectivity index (χ4n) is 3.07. The summed E-state index contributed by atoms with van der Waals surface area (Å²) in [5, 5.41) is 0. The van der Waals surface area contributed by atoms with Crippen LogP contribution in [0.4, 0.5) is 0 Å². The third kappa shape index (κ3) is 3.58. The Morgan fingerprint density at radius 1 is 1.06 bits per heavy atom. The molecular formula is C17H27N. The van der Waals surface area contributed by atoms with Crippen LogP contribution in [0.1, 0.15) is 45.1 Å². The van der Waals surface area contributed by atoms with E-state index in [2.05, 4.69) is 49.1 Å². The Labute approximate surface area is 112 Å². The van der Waals surface area contributed by atoms with Crippen LogP contribution in [0.2, 0.25) is 0 Å². The smallest absolute Gasteiger partial charge is 0.0161 e. The van der Waals surface area contributed by atoms with Crippen LogP contribution < -0.4 is 0 Å². The molecule has 0 amide bonds. The minimum Gasteiger partial charge on any atom is -0.300 e. The molecule has 1 aliphatic heterocycles. The maximum Gasteiger partial charge on any atom is 0.0161 e. The molecule has 18 heavy (non-hydrogen) atoms. The van der Waals surface area contributed by atoms with Gasteiger partial charge in [0.15, 0.2) is 0 Å². The van der Waals surface area contributed by atoms with Crippen molar-refractivity contribution < 1.29 is 0 Å². The fourth-order valence-corrected chi connectivity index (χ4v) is 3.07. The van der Waals surface area contributed by atoms with Crippen LogP contribution in [0, 0.1) is 5.92 Å². The first kappa shape index (κ1) is 13.6. The van der Waals surface area contributed by atoms with Gasteiger partial charge in [0.25, 0.3) is 0 Å². The predicted octanol–water partition coefficient (Wildman–Crippen LogP) is 4.13. The summed E-state index contributed by atoms with van der Waals surface area (Å²) in [7, 11) is 0. The van der Waals surface area contributed by atoms with E-state index in [0.717, 1.165) is 12.0 Å². The van der Waals surface area contributed by atoms with E-state index in [9.17, 15) is 0 Å². The molecule has 2 unspecified atom stereocenters. The second-order valence-corrected chi connectivity index (χ2v) is 5.74. The highest BCUT2D eigenvalue weighted by Gasteiger charge is 2.24. The summed E-state index contributed by atoms with van der Waals surface area (Å²) in [5.74, 6) is 0.795. The molecule has 0 spiro atoms. The number of piperidine rings is 1. The van der Waals surface area contributed by atoms with Crippen LogP contribution in [0.15, 0.2) is 30.3 Å². The summed E-state index contributed by atoms with van der Waals surface area (Å²) in [6, 6.07) is 11.7. The van der Waals surface area contributed by atoms with Crippen LogP contribution in [0.5, 0.6) is 0 Å². The third-order valence-corrected chi connectivity index (χ3v) is 4.45. The van der Waals surface area contributed by atoms with E-state index in [-0.39, 0.29) is 0 Å².